The molecule has 3 N–H and O–H groups in total. The molecule has 1 aliphatic heterocycles. The van der Waals surface area contributed by atoms with Crippen molar-refractivity contribution < 1.29 is 9.59 Å². The second-order valence-corrected chi connectivity index (χ2v) is 7.85. The number of carbonyl (C=O) groups is 2. The summed E-state index contributed by atoms with van der Waals surface area (Å²) in [5, 5.41) is 13.6. The number of amides is 2. The van der Waals surface area contributed by atoms with E-state index in [1.54, 1.807) is 4.68 Å². The lowest BCUT2D eigenvalue weighted by molar-refractivity contribution is -0.131. The van der Waals surface area contributed by atoms with E-state index in [9.17, 15) is 9.59 Å². The van der Waals surface area contributed by atoms with E-state index < -0.39 is 6.04 Å². The molecule has 2 fully saturated rings. The van der Waals surface area contributed by atoms with Gasteiger partial charge in [0, 0.05) is 44.7 Å². The number of hydrogen-bond acceptors (Lipinski definition) is 4. The van der Waals surface area contributed by atoms with Crippen molar-refractivity contribution in [2.75, 3.05) is 13.1 Å². The van der Waals surface area contributed by atoms with Gasteiger partial charge >= 0.3 is 0 Å². The molecule has 0 radical (unpaired) electrons. The Morgan fingerprint density at radius 1 is 1.25 bits per heavy atom. The molecule has 7 heteroatoms. The van der Waals surface area contributed by atoms with Gasteiger partial charge in [0.1, 0.15) is 6.04 Å². The van der Waals surface area contributed by atoms with Crippen molar-refractivity contribution in [2.24, 2.45) is 13.0 Å². The van der Waals surface area contributed by atoms with Gasteiger partial charge in [-0.3, -0.25) is 14.3 Å². The Hall–Kier alpha value is -2.67. The number of hydrogen-bond donors (Lipinski definition) is 3. The zero-order valence-corrected chi connectivity index (χ0v) is 16.1. The molecule has 0 spiro atoms. The van der Waals surface area contributed by atoms with Gasteiger partial charge < -0.3 is 16.0 Å². The number of rotatable bonds is 7. The first kappa shape index (κ1) is 18.7. The maximum absolute atomic E-state index is 13.1. The topological polar surface area (TPSA) is 88.0 Å². The van der Waals surface area contributed by atoms with Crippen molar-refractivity contribution in [3.05, 3.63) is 53.9 Å². The average molecular weight is 381 g/mol. The minimum atomic E-state index is -0.564. The Bertz CT molecular complexity index is 830. The van der Waals surface area contributed by atoms with Crippen LogP contribution in [0, 0.1) is 5.92 Å². The van der Waals surface area contributed by atoms with Crippen LogP contribution in [0.1, 0.15) is 29.9 Å². The maximum Gasteiger partial charge on any atom is 0.243 e. The van der Waals surface area contributed by atoms with Gasteiger partial charge in [-0.1, -0.05) is 30.3 Å². The van der Waals surface area contributed by atoms with E-state index in [0.29, 0.717) is 13.0 Å². The summed E-state index contributed by atoms with van der Waals surface area (Å²) >= 11 is 0. The van der Waals surface area contributed by atoms with Crippen molar-refractivity contribution in [3.63, 3.8) is 0 Å². The van der Waals surface area contributed by atoms with Gasteiger partial charge in [0.15, 0.2) is 0 Å². The molecular formula is C21H27N5O2. The van der Waals surface area contributed by atoms with E-state index in [1.807, 2.05) is 49.8 Å². The predicted octanol–water partition coefficient (Wildman–Crippen LogP) is 0.729. The van der Waals surface area contributed by atoms with E-state index in [-0.39, 0.29) is 29.7 Å². The van der Waals surface area contributed by atoms with Crippen LogP contribution < -0.4 is 16.0 Å². The summed E-state index contributed by atoms with van der Waals surface area (Å²) in [6, 6.07) is 9.52. The smallest absolute Gasteiger partial charge is 0.243 e. The molecule has 1 aromatic carbocycles. The first-order valence-corrected chi connectivity index (χ1v) is 9.94. The first-order chi connectivity index (χ1) is 13.6. The van der Waals surface area contributed by atoms with Crippen LogP contribution in [0.15, 0.2) is 42.7 Å². The number of aryl methyl sites for hydroxylation is 1. The number of benzene rings is 1. The Morgan fingerprint density at radius 2 is 2.04 bits per heavy atom. The molecule has 1 aromatic heterocycles. The van der Waals surface area contributed by atoms with Crippen molar-refractivity contribution in [1.29, 1.82) is 0 Å². The second kappa shape index (κ2) is 8.14. The van der Waals surface area contributed by atoms with Gasteiger partial charge in [-0.05, 0) is 24.0 Å². The number of nitrogens with zero attached hydrogens (tertiary/aromatic N) is 2. The summed E-state index contributed by atoms with van der Waals surface area (Å²) in [5.74, 6) is -0.317. The minimum Gasteiger partial charge on any atom is -0.352 e. The lowest BCUT2D eigenvalue weighted by Gasteiger charge is -2.23. The average Bonchev–Trinajstić information content (AvgIpc) is 3.18. The van der Waals surface area contributed by atoms with Gasteiger partial charge in [-0.15, -0.1) is 0 Å². The summed E-state index contributed by atoms with van der Waals surface area (Å²) in [6.07, 6.45) is 6.31. The number of nitrogens with one attached hydrogen (secondary N) is 3. The first-order valence-electron chi connectivity index (χ1n) is 9.94. The molecule has 1 aliphatic carbocycles. The largest absolute Gasteiger partial charge is 0.352 e. The normalized spacial score (nSPS) is 22.6. The summed E-state index contributed by atoms with van der Waals surface area (Å²) in [5.41, 5.74) is 2.08. The Morgan fingerprint density at radius 3 is 2.71 bits per heavy atom. The minimum absolute atomic E-state index is 0.0672. The van der Waals surface area contributed by atoms with Crippen molar-refractivity contribution in [1.82, 2.24) is 25.7 Å². The molecular weight excluding hydrogens is 354 g/mol. The van der Waals surface area contributed by atoms with Gasteiger partial charge in [0.2, 0.25) is 11.8 Å². The van der Waals surface area contributed by atoms with Crippen LogP contribution in [0.4, 0.5) is 0 Å². The van der Waals surface area contributed by atoms with E-state index in [2.05, 4.69) is 21.0 Å². The molecule has 28 heavy (non-hydrogen) atoms. The monoisotopic (exact) mass is 381 g/mol. The quantitative estimate of drug-likeness (QED) is 0.660. The maximum atomic E-state index is 13.1. The third-order valence-electron chi connectivity index (χ3n) is 5.54. The van der Waals surface area contributed by atoms with E-state index in [4.69, 9.17) is 0 Å². The molecule has 1 unspecified atom stereocenters. The fourth-order valence-electron chi connectivity index (χ4n) is 3.80. The molecule has 4 rings (SSSR count). The molecule has 2 heterocycles. The SMILES string of the molecule is Cn1cc([C@H]2CNC[C@@H]2C(=O)NC(Cc2ccccc2)C(=O)NC2CC2)cn1. The summed E-state index contributed by atoms with van der Waals surface area (Å²) < 4.78 is 1.75. The molecule has 2 aromatic rings. The van der Waals surface area contributed by atoms with Crippen molar-refractivity contribution in [3.8, 4) is 0 Å². The molecule has 1 saturated heterocycles. The van der Waals surface area contributed by atoms with Crippen LogP contribution in [-0.4, -0.2) is 46.8 Å². The highest BCUT2D eigenvalue weighted by molar-refractivity contribution is 5.89. The zero-order valence-electron chi connectivity index (χ0n) is 16.1. The molecule has 2 aliphatic rings. The predicted molar refractivity (Wildman–Crippen MR) is 106 cm³/mol. The lowest BCUT2D eigenvalue weighted by atomic mass is 9.90. The summed E-state index contributed by atoms with van der Waals surface area (Å²) in [4.78, 5) is 25.8. The molecule has 3 atom stereocenters. The Kier molecular flexibility index (Phi) is 5.43. The second-order valence-electron chi connectivity index (χ2n) is 7.85. The van der Waals surface area contributed by atoms with Crippen LogP contribution in [0.3, 0.4) is 0 Å². The zero-order chi connectivity index (χ0) is 19.5. The van der Waals surface area contributed by atoms with Crippen LogP contribution in [0.25, 0.3) is 0 Å². The summed E-state index contributed by atoms with van der Waals surface area (Å²) in [6.45, 7) is 1.34. The molecule has 2 amide bonds. The van der Waals surface area contributed by atoms with Gasteiger partial charge in [-0.25, -0.2) is 0 Å². The molecule has 0 bridgehead atoms. The molecule has 1 saturated carbocycles. The van der Waals surface area contributed by atoms with Gasteiger partial charge in [0.05, 0.1) is 12.1 Å². The Labute approximate surface area is 164 Å². The van der Waals surface area contributed by atoms with Gasteiger partial charge in [-0.2, -0.15) is 5.10 Å². The van der Waals surface area contributed by atoms with Crippen LogP contribution in [-0.2, 0) is 23.1 Å². The Balaban J connectivity index is 1.46. The van der Waals surface area contributed by atoms with Crippen molar-refractivity contribution in [2.45, 2.75) is 37.3 Å². The number of carbonyl (C=O) groups excluding carboxylic acids is 2. The third-order valence-corrected chi connectivity index (χ3v) is 5.54. The highest BCUT2D eigenvalue weighted by Gasteiger charge is 2.37. The highest BCUT2D eigenvalue weighted by atomic mass is 16.2. The van der Waals surface area contributed by atoms with E-state index in [1.165, 1.54) is 0 Å². The standard InChI is InChI=1S/C21H27N5O2/c1-26-13-15(10-23-26)17-11-22-12-18(17)20(27)25-19(21(28)24-16-7-8-16)9-14-5-3-2-4-6-14/h2-6,10,13,16-19,22H,7-9,11-12H2,1H3,(H,24,28)(H,25,27)/t17-,18+,19?/m1/s1. The van der Waals surface area contributed by atoms with Crippen molar-refractivity contribution >= 4 is 11.8 Å². The summed E-state index contributed by atoms with van der Waals surface area (Å²) in [7, 11) is 1.87. The fourth-order valence-corrected chi connectivity index (χ4v) is 3.80. The number of aromatic nitrogens is 2. The van der Waals surface area contributed by atoms with Crippen LogP contribution in [0.2, 0.25) is 0 Å². The van der Waals surface area contributed by atoms with E-state index in [0.717, 1.165) is 30.5 Å². The molecule has 148 valence electrons. The highest BCUT2D eigenvalue weighted by Crippen LogP contribution is 2.28. The van der Waals surface area contributed by atoms with Crippen LogP contribution >= 0.6 is 0 Å². The lowest BCUT2D eigenvalue weighted by Crippen LogP contribution is -2.50. The molecule has 7 nitrogen and oxygen atoms in total. The van der Waals surface area contributed by atoms with Crippen LogP contribution in [0.5, 0.6) is 0 Å². The van der Waals surface area contributed by atoms with Gasteiger partial charge in [0.25, 0.3) is 0 Å². The third kappa shape index (κ3) is 4.42. The fraction of sp³-hybridized carbons (Fsp3) is 0.476. The van der Waals surface area contributed by atoms with E-state index >= 15 is 0 Å².